The van der Waals surface area contributed by atoms with E-state index in [0.29, 0.717) is 28.3 Å². The van der Waals surface area contributed by atoms with Crippen LogP contribution in [0.4, 0.5) is 22.7 Å². The van der Waals surface area contributed by atoms with Gasteiger partial charge in [-0.05, 0) is 102 Å². The molecule has 0 saturated heterocycles. The van der Waals surface area contributed by atoms with Crippen LogP contribution < -0.4 is 9.64 Å². The molecule has 0 amide bonds. The van der Waals surface area contributed by atoms with Gasteiger partial charge in [0.1, 0.15) is 5.75 Å². The Morgan fingerprint density at radius 3 is 2.12 bits per heavy atom. The molecule has 0 saturated carbocycles. The van der Waals surface area contributed by atoms with Gasteiger partial charge in [-0.3, -0.25) is 9.97 Å². The lowest BCUT2D eigenvalue weighted by atomic mass is 9.67. The van der Waals surface area contributed by atoms with Crippen molar-refractivity contribution in [3.63, 3.8) is 0 Å². The van der Waals surface area contributed by atoms with Gasteiger partial charge in [0.05, 0.1) is 86.6 Å². The topological polar surface area (TPSA) is 95.1 Å². The molecule has 9 aromatic rings. The van der Waals surface area contributed by atoms with Crippen molar-refractivity contribution in [2.75, 3.05) is 4.90 Å². The van der Waals surface area contributed by atoms with E-state index in [1.807, 2.05) is 91.3 Å². The molecule has 59 heavy (non-hydrogen) atoms. The minimum Gasteiger partial charge on any atom is -0.454 e. The van der Waals surface area contributed by atoms with Crippen LogP contribution in [0.2, 0.25) is 0 Å². The maximum absolute atomic E-state index is 9.86. The maximum Gasteiger partial charge on any atom is 0.191 e. The molecular formula is C50H25N7OS. The zero-order valence-electron chi connectivity index (χ0n) is 30.9. The summed E-state index contributed by atoms with van der Waals surface area (Å²) in [5, 5.41) is 21.5. The van der Waals surface area contributed by atoms with Crippen molar-refractivity contribution in [2.45, 2.75) is 15.2 Å². The van der Waals surface area contributed by atoms with E-state index >= 15 is 0 Å². The first kappa shape index (κ1) is 33.0. The highest BCUT2D eigenvalue weighted by Gasteiger charge is 2.52. The van der Waals surface area contributed by atoms with Crippen LogP contribution in [0.1, 0.15) is 33.4 Å². The quantitative estimate of drug-likeness (QED) is 0.161. The first-order chi connectivity index (χ1) is 29.1. The van der Waals surface area contributed by atoms with E-state index < -0.39 is 5.41 Å². The predicted molar refractivity (Wildman–Crippen MR) is 228 cm³/mol. The average molecular weight is 772 g/mol. The van der Waals surface area contributed by atoms with Gasteiger partial charge in [0.2, 0.25) is 0 Å². The fourth-order valence-electron chi connectivity index (χ4n) is 9.41. The Bertz CT molecular complexity index is 3410. The van der Waals surface area contributed by atoms with Crippen molar-refractivity contribution in [2.24, 2.45) is 0 Å². The van der Waals surface area contributed by atoms with Crippen molar-refractivity contribution in [3.05, 3.63) is 197 Å². The van der Waals surface area contributed by atoms with E-state index in [2.05, 4.69) is 87.1 Å². The molecule has 12 rings (SSSR count). The van der Waals surface area contributed by atoms with Crippen LogP contribution in [0.5, 0.6) is 11.5 Å². The predicted octanol–water partition coefficient (Wildman–Crippen LogP) is 12.3. The molecule has 3 aliphatic rings. The van der Waals surface area contributed by atoms with Crippen molar-refractivity contribution in [1.82, 2.24) is 14.5 Å². The molecule has 0 N–H and O–H groups in total. The molecule has 0 fully saturated rings. The average Bonchev–Trinajstić information content (AvgIpc) is 3.77. The van der Waals surface area contributed by atoms with Crippen LogP contribution in [0.25, 0.3) is 43.7 Å². The monoisotopic (exact) mass is 771 g/mol. The number of aromatic nitrogens is 3. The summed E-state index contributed by atoms with van der Waals surface area (Å²) in [5.74, 6) is 1.33. The Morgan fingerprint density at radius 1 is 0.627 bits per heavy atom. The summed E-state index contributed by atoms with van der Waals surface area (Å²) >= 11 is 1.75. The van der Waals surface area contributed by atoms with Crippen molar-refractivity contribution < 1.29 is 4.74 Å². The maximum atomic E-state index is 9.86. The molecule has 272 valence electrons. The van der Waals surface area contributed by atoms with Gasteiger partial charge in [-0.15, -0.1) is 0 Å². The summed E-state index contributed by atoms with van der Waals surface area (Å²) in [7, 11) is 0. The fraction of sp³-hybridized carbons (Fsp3) is 0.0200. The number of ether oxygens (including phenoxy) is 1. The summed E-state index contributed by atoms with van der Waals surface area (Å²) in [4.78, 5) is 18.5. The second-order valence-corrected chi connectivity index (χ2v) is 15.7. The van der Waals surface area contributed by atoms with Gasteiger partial charge in [-0.2, -0.15) is 10.5 Å². The normalized spacial score (nSPS) is 15.2. The van der Waals surface area contributed by atoms with Crippen molar-refractivity contribution in [3.8, 4) is 40.7 Å². The standard InChI is InChI=1S/C50H25N7OS/c1-53-31-17-20-42-45(24-31)58-44-13-4-3-11-41(44)57(42)43-12-6-9-37-49(43)59-46-14-5-2-8-35(46)50(37)36-10-7-21-54-47(36)48-38(50)25-32(28-55-48)56-39-18-15-29(26-51)22-33(39)34-23-30(27-52)16-19-40(34)56/h2-25,28H. The SMILES string of the molecule is [C-]#[N+]c1ccc2c(c1)Oc1ccccc1N2c1cccc2c1Sc1ccccc1C21c2cccnc2-c2ncc(-n3c4ccc(C#N)cc4c4cc(C#N)ccc43)cc21. The Kier molecular flexibility index (Phi) is 6.81. The molecular weight excluding hydrogens is 747 g/mol. The highest BCUT2D eigenvalue weighted by atomic mass is 32.2. The second kappa shape index (κ2) is 12.2. The third-order valence-electron chi connectivity index (χ3n) is 11.8. The van der Waals surface area contributed by atoms with E-state index in [1.54, 1.807) is 11.8 Å². The summed E-state index contributed by atoms with van der Waals surface area (Å²) in [6.07, 6.45) is 3.75. The number of para-hydroxylation sites is 2. The number of anilines is 3. The smallest absolute Gasteiger partial charge is 0.191 e. The molecule has 9 heteroatoms. The Morgan fingerprint density at radius 2 is 1.32 bits per heavy atom. The van der Waals surface area contributed by atoms with E-state index in [9.17, 15) is 10.5 Å². The number of fused-ring (bicyclic) bond motifs is 14. The molecule has 3 aromatic heterocycles. The molecule has 1 aliphatic carbocycles. The zero-order chi connectivity index (χ0) is 39.4. The molecule has 5 heterocycles. The van der Waals surface area contributed by atoms with Gasteiger partial charge in [-0.1, -0.05) is 66.4 Å². The first-order valence-corrected chi connectivity index (χ1v) is 19.8. The molecule has 1 atom stereocenters. The summed E-state index contributed by atoms with van der Waals surface area (Å²) in [5.41, 5.74) is 12.2. The fourth-order valence-corrected chi connectivity index (χ4v) is 10.7. The van der Waals surface area contributed by atoms with Gasteiger partial charge in [0.25, 0.3) is 0 Å². The Labute approximate surface area is 342 Å². The highest BCUT2D eigenvalue weighted by molar-refractivity contribution is 7.99. The number of rotatable bonds is 2. The number of nitriles is 2. The second-order valence-electron chi connectivity index (χ2n) is 14.7. The highest BCUT2D eigenvalue weighted by Crippen LogP contribution is 2.64. The van der Waals surface area contributed by atoms with Gasteiger partial charge in [-0.25, -0.2) is 4.85 Å². The van der Waals surface area contributed by atoms with E-state index in [4.69, 9.17) is 21.3 Å². The van der Waals surface area contributed by atoms with Crippen LogP contribution in [0.3, 0.4) is 0 Å². The van der Waals surface area contributed by atoms with Gasteiger partial charge in [0, 0.05) is 32.3 Å². The van der Waals surface area contributed by atoms with Crippen LogP contribution in [0.15, 0.2) is 162 Å². The molecule has 8 nitrogen and oxygen atoms in total. The number of hydrogen-bond acceptors (Lipinski definition) is 7. The van der Waals surface area contributed by atoms with Crippen molar-refractivity contribution in [1.29, 1.82) is 10.5 Å². The minimum absolute atomic E-state index is 0.509. The zero-order valence-corrected chi connectivity index (χ0v) is 31.7. The molecule has 6 aromatic carbocycles. The minimum atomic E-state index is -0.807. The molecule has 1 spiro atoms. The Hall–Kier alpha value is -8.16. The Balaban J connectivity index is 1.16. The molecule has 0 bridgehead atoms. The summed E-state index contributed by atoms with van der Waals surface area (Å²) in [6, 6.07) is 51.3. The molecule has 1 unspecified atom stereocenters. The van der Waals surface area contributed by atoms with Gasteiger partial charge in [0.15, 0.2) is 11.4 Å². The van der Waals surface area contributed by atoms with Gasteiger partial charge < -0.3 is 14.2 Å². The van der Waals surface area contributed by atoms with Crippen LogP contribution >= 0.6 is 11.8 Å². The lowest BCUT2D eigenvalue weighted by Gasteiger charge is -2.41. The van der Waals surface area contributed by atoms with Crippen LogP contribution in [0, 0.1) is 29.2 Å². The summed E-state index contributed by atoms with van der Waals surface area (Å²) in [6.45, 7) is 7.72. The lowest BCUT2D eigenvalue weighted by molar-refractivity contribution is 0.477. The summed E-state index contributed by atoms with van der Waals surface area (Å²) < 4.78 is 8.64. The number of pyridine rings is 2. The number of benzene rings is 6. The number of nitrogens with zero attached hydrogens (tertiary/aromatic N) is 7. The van der Waals surface area contributed by atoms with E-state index in [0.717, 1.165) is 88.0 Å². The molecule has 0 radical (unpaired) electrons. The third-order valence-corrected chi connectivity index (χ3v) is 13.0. The van der Waals surface area contributed by atoms with Crippen LogP contribution in [-0.4, -0.2) is 14.5 Å². The largest absolute Gasteiger partial charge is 0.454 e. The van der Waals surface area contributed by atoms with Crippen molar-refractivity contribution >= 4 is 56.3 Å². The van der Waals surface area contributed by atoms with Gasteiger partial charge >= 0.3 is 0 Å². The lowest BCUT2D eigenvalue weighted by Crippen LogP contribution is -2.33. The number of hydrogen-bond donors (Lipinski definition) is 0. The van der Waals surface area contributed by atoms with Crippen LogP contribution in [-0.2, 0) is 5.41 Å². The van der Waals surface area contributed by atoms with E-state index in [-0.39, 0.29) is 0 Å². The third kappa shape index (κ3) is 4.41. The molecule has 2 aliphatic heterocycles. The first-order valence-electron chi connectivity index (χ1n) is 19.0. The van der Waals surface area contributed by atoms with E-state index in [1.165, 1.54) is 0 Å².